The van der Waals surface area contributed by atoms with Gasteiger partial charge in [-0.2, -0.15) is 0 Å². The van der Waals surface area contributed by atoms with Crippen LogP contribution in [0.3, 0.4) is 0 Å². The third-order valence-electron chi connectivity index (χ3n) is 4.66. The number of ketones is 1. The molecule has 1 unspecified atom stereocenters. The number of nitrogens with zero attached hydrogens (tertiary/aromatic N) is 1. The number of carbonyl (C=O) groups excluding carboxylic acids is 1. The van der Waals surface area contributed by atoms with Gasteiger partial charge in [-0.1, -0.05) is 42.5 Å². The summed E-state index contributed by atoms with van der Waals surface area (Å²) in [4.78, 5) is 15.1. The molecule has 3 rings (SSSR count). The number of hydrogen-bond acceptors (Lipinski definition) is 5. The topological polar surface area (TPSA) is 55.8 Å². The summed E-state index contributed by atoms with van der Waals surface area (Å²) in [5, 5.41) is -1.42. The van der Waals surface area contributed by atoms with Gasteiger partial charge in [-0.25, -0.2) is 0 Å². The quantitative estimate of drug-likeness (QED) is 0.773. The summed E-state index contributed by atoms with van der Waals surface area (Å²) in [6, 6.07) is 16.7. The van der Waals surface area contributed by atoms with Crippen LogP contribution >= 0.6 is 7.60 Å². The van der Waals surface area contributed by atoms with Crippen LogP contribution in [0.15, 0.2) is 54.6 Å². The van der Waals surface area contributed by atoms with Crippen molar-refractivity contribution in [3.63, 3.8) is 0 Å². The molecule has 1 aliphatic heterocycles. The van der Waals surface area contributed by atoms with Crippen LogP contribution in [-0.2, 0) is 20.0 Å². The molecular weight excluding hydrogens is 325 g/mol. The van der Waals surface area contributed by atoms with Crippen LogP contribution in [0.4, 0.5) is 5.69 Å². The first-order chi connectivity index (χ1) is 11.5. The lowest BCUT2D eigenvalue weighted by Gasteiger charge is -2.39. The van der Waals surface area contributed by atoms with Gasteiger partial charge in [0.15, 0.2) is 0 Å². The maximum Gasteiger partial charge on any atom is 0.363 e. The van der Waals surface area contributed by atoms with Crippen molar-refractivity contribution < 1.29 is 18.4 Å². The number of hydrogen-bond donors (Lipinski definition) is 0. The van der Waals surface area contributed by atoms with Crippen LogP contribution < -0.4 is 4.90 Å². The zero-order valence-electron chi connectivity index (χ0n) is 13.9. The first-order valence-electron chi connectivity index (χ1n) is 7.63. The molecular formula is C18H20NO4P. The Hall–Kier alpha value is -1.94. The average molecular weight is 345 g/mol. The van der Waals surface area contributed by atoms with E-state index in [0.29, 0.717) is 5.56 Å². The number of para-hydroxylation sites is 1. The van der Waals surface area contributed by atoms with E-state index in [-0.39, 0.29) is 12.2 Å². The van der Waals surface area contributed by atoms with Crippen molar-refractivity contribution in [3.05, 3.63) is 65.7 Å². The summed E-state index contributed by atoms with van der Waals surface area (Å²) >= 11 is 0. The molecule has 6 heteroatoms. The number of Topliss-reactive ketones (excluding diaryl/α,β-unsaturated/α-hetero) is 1. The van der Waals surface area contributed by atoms with Crippen LogP contribution in [0.5, 0.6) is 0 Å². The molecule has 0 aromatic heterocycles. The monoisotopic (exact) mass is 345 g/mol. The highest BCUT2D eigenvalue weighted by atomic mass is 31.2. The lowest BCUT2D eigenvalue weighted by molar-refractivity contribution is 0.0926. The van der Waals surface area contributed by atoms with Crippen molar-refractivity contribution in [2.45, 2.75) is 11.7 Å². The third-order valence-corrected chi connectivity index (χ3v) is 7.18. The first-order valence-corrected chi connectivity index (χ1v) is 9.17. The molecule has 1 aliphatic rings. The second-order valence-corrected chi connectivity index (χ2v) is 8.21. The molecule has 0 fully saturated rings. The zero-order chi connectivity index (χ0) is 17.4. The highest BCUT2D eigenvalue weighted by molar-refractivity contribution is 7.57. The van der Waals surface area contributed by atoms with E-state index >= 15 is 0 Å². The molecule has 0 bridgehead atoms. The summed E-state index contributed by atoms with van der Waals surface area (Å²) < 4.78 is 24.0. The molecule has 0 amide bonds. The predicted molar refractivity (Wildman–Crippen MR) is 93.7 cm³/mol. The van der Waals surface area contributed by atoms with Gasteiger partial charge in [-0.3, -0.25) is 9.36 Å². The Morgan fingerprint density at radius 1 is 1.00 bits per heavy atom. The van der Waals surface area contributed by atoms with Gasteiger partial charge in [0.2, 0.25) is 11.1 Å². The normalized spacial score (nSPS) is 20.3. The van der Waals surface area contributed by atoms with E-state index in [4.69, 9.17) is 9.05 Å². The number of rotatable bonds is 5. The fourth-order valence-corrected chi connectivity index (χ4v) is 5.36. The minimum atomic E-state index is -3.74. The minimum absolute atomic E-state index is 0.233. The fourth-order valence-electron chi connectivity index (χ4n) is 3.39. The molecule has 2 aromatic rings. The van der Waals surface area contributed by atoms with Crippen LogP contribution in [0.1, 0.15) is 15.9 Å². The smallest absolute Gasteiger partial charge is 0.351 e. The molecule has 0 saturated heterocycles. The summed E-state index contributed by atoms with van der Waals surface area (Å²) in [7, 11) is 0.659. The molecule has 2 aromatic carbocycles. The SMILES string of the molecule is COP(=O)(OC)C1(Cc2ccccc2)C(=O)c2ccccc2N1C. The number of carbonyl (C=O) groups is 1. The molecule has 0 radical (unpaired) electrons. The summed E-state index contributed by atoms with van der Waals surface area (Å²) in [5.41, 5.74) is 2.15. The summed E-state index contributed by atoms with van der Waals surface area (Å²) in [6.45, 7) is 0. The summed E-state index contributed by atoms with van der Waals surface area (Å²) in [5.74, 6) is -0.239. The van der Waals surface area contributed by atoms with Gasteiger partial charge in [0.1, 0.15) is 0 Å². The Bertz CT molecular complexity index is 800. The van der Waals surface area contributed by atoms with E-state index in [2.05, 4.69) is 0 Å². The van der Waals surface area contributed by atoms with Crippen molar-refractivity contribution in [2.24, 2.45) is 0 Å². The van der Waals surface area contributed by atoms with Crippen LogP contribution in [0.25, 0.3) is 0 Å². The lowest BCUT2D eigenvalue weighted by Crippen LogP contribution is -2.50. The number of likely N-dealkylation sites (N-methyl/N-ethyl adjacent to an activating group) is 1. The minimum Gasteiger partial charge on any atom is -0.351 e. The Kier molecular flexibility index (Phi) is 4.35. The Morgan fingerprint density at radius 3 is 2.17 bits per heavy atom. The van der Waals surface area contributed by atoms with Crippen molar-refractivity contribution in [2.75, 3.05) is 26.2 Å². The second kappa shape index (κ2) is 6.17. The first kappa shape index (κ1) is 16.9. The van der Waals surface area contributed by atoms with Gasteiger partial charge in [0, 0.05) is 38.9 Å². The van der Waals surface area contributed by atoms with Gasteiger partial charge in [-0.15, -0.1) is 0 Å². The number of benzene rings is 2. The Balaban J connectivity index is 2.22. The van der Waals surface area contributed by atoms with Gasteiger partial charge in [0.25, 0.3) is 0 Å². The molecule has 126 valence electrons. The fraction of sp³-hybridized carbons (Fsp3) is 0.278. The van der Waals surface area contributed by atoms with E-state index in [1.165, 1.54) is 14.2 Å². The van der Waals surface area contributed by atoms with Crippen LogP contribution in [0, 0.1) is 0 Å². The van der Waals surface area contributed by atoms with Crippen LogP contribution in [-0.4, -0.2) is 32.3 Å². The van der Waals surface area contributed by atoms with E-state index in [1.807, 2.05) is 42.5 Å². The standard InChI is InChI=1S/C18H20NO4P/c1-19-16-12-8-7-11-15(16)17(20)18(19,24(21,22-2)23-3)13-14-9-5-4-6-10-14/h4-12H,13H2,1-3H3. The van der Waals surface area contributed by atoms with Gasteiger partial charge >= 0.3 is 7.60 Å². The number of fused-ring (bicyclic) bond motifs is 1. The highest BCUT2D eigenvalue weighted by Gasteiger charge is 2.63. The predicted octanol–water partition coefficient (Wildman–Crippen LogP) is 3.74. The maximum absolute atomic E-state index is 13.5. The molecule has 0 N–H and O–H groups in total. The van der Waals surface area contributed by atoms with E-state index < -0.39 is 12.9 Å². The van der Waals surface area contributed by atoms with Gasteiger partial charge in [0.05, 0.1) is 0 Å². The Morgan fingerprint density at radius 2 is 1.58 bits per heavy atom. The average Bonchev–Trinajstić information content (AvgIpc) is 2.85. The van der Waals surface area contributed by atoms with Crippen molar-refractivity contribution in [1.82, 2.24) is 0 Å². The summed E-state index contributed by atoms with van der Waals surface area (Å²) in [6.07, 6.45) is 0.233. The molecule has 5 nitrogen and oxygen atoms in total. The Labute approximate surface area is 141 Å². The second-order valence-electron chi connectivity index (χ2n) is 5.75. The van der Waals surface area contributed by atoms with E-state index in [1.54, 1.807) is 24.1 Å². The van der Waals surface area contributed by atoms with Crippen molar-refractivity contribution >= 4 is 19.1 Å². The largest absolute Gasteiger partial charge is 0.363 e. The van der Waals surface area contributed by atoms with E-state index in [9.17, 15) is 9.36 Å². The number of anilines is 1. The lowest BCUT2D eigenvalue weighted by atomic mass is 10.00. The molecule has 0 saturated carbocycles. The molecule has 0 spiro atoms. The molecule has 1 atom stereocenters. The van der Waals surface area contributed by atoms with Gasteiger partial charge < -0.3 is 13.9 Å². The van der Waals surface area contributed by atoms with Crippen LogP contribution in [0.2, 0.25) is 0 Å². The van der Waals surface area contributed by atoms with Crippen molar-refractivity contribution in [1.29, 1.82) is 0 Å². The molecule has 1 heterocycles. The van der Waals surface area contributed by atoms with Gasteiger partial charge in [-0.05, 0) is 17.7 Å². The molecule has 0 aliphatic carbocycles. The zero-order valence-corrected chi connectivity index (χ0v) is 14.8. The van der Waals surface area contributed by atoms with E-state index in [0.717, 1.165) is 11.3 Å². The maximum atomic E-state index is 13.5. The highest BCUT2D eigenvalue weighted by Crippen LogP contribution is 2.65. The molecule has 24 heavy (non-hydrogen) atoms. The van der Waals surface area contributed by atoms with Crippen molar-refractivity contribution in [3.8, 4) is 0 Å². The third kappa shape index (κ3) is 2.24.